The van der Waals surface area contributed by atoms with Crippen LogP contribution in [0.5, 0.6) is 5.75 Å². The molecule has 0 bridgehead atoms. The summed E-state index contributed by atoms with van der Waals surface area (Å²) in [5, 5.41) is 3.74. The highest BCUT2D eigenvalue weighted by atomic mass is 32.1. The average molecular weight is 483 g/mol. The summed E-state index contributed by atoms with van der Waals surface area (Å²) in [5.41, 5.74) is 2.38. The number of ether oxygens (including phenoxy) is 3. The highest BCUT2D eigenvalue weighted by Crippen LogP contribution is 2.29. The number of fused-ring (bicyclic) bond motifs is 1. The van der Waals surface area contributed by atoms with Gasteiger partial charge >= 0.3 is 0 Å². The minimum Gasteiger partial charge on any atom is -0.497 e. The van der Waals surface area contributed by atoms with Crippen LogP contribution in [0.2, 0.25) is 0 Å². The molecule has 3 aromatic rings. The molecule has 1 amide bonds. The molecule has 2 aliphatic rings. The molecule has 1 atom stereocenters. The first-order chi connectivity index (χ1) is 16.6. The van der Waals surface area contributed by atoms with E-state index in [1.807, 2.05) is 35.4 Å². The molecular formula is C25H30N4O4S. The van der Waals surface area contributed by atoms with E-state index in [-0.39, 0.29) is 12.0 Å². The van der Waals surface area contributed by atoms with Crippen LogP contribution in [0.1, 0.15) is 33.9 Å². The van der Waals surface area contributed by atoms with Crippen molar-refractivity contribution in [2.45, 2.75) is 32.4 Å². The molecule has 180 valence electrons. The number of benzene rings is 1. The molecule has 4 heterocycles. The van der Waals surface area contributed by atoms with Crippen LogP contribution in [-0.2, 0) is 16.0 Å². The first-order valence-electron chi connectivity index (χ1n) is 11.7. The van der Waals surface area contributed by atoms with Crippen molar-refractivity contribution >= 4 is 34.0 Å². The number of carbonyl (C=O) groups excluding carboxylic acids is 1. The molecule has 5 rings (SSSR count). The van der Waals surface area contributed by atoms with E-state index in [1.165, 1.54) is 11.3 Å². The molecule has 9 heteroatoms. The van der Waals surface area contributed by atoms with E-state index in [0.717, 1.165) is 65.6 Å². The number of hydrogen-bond donors (Lipinski definition) is 0. The fraction of sp³-hybridized carbons (Fsp3) is 0.480. The van der Waals surface area contributed by atoms with Gasteiger partial charge in [-0.2, -0.15) is 0 Å². The smallest absolute Gasteiger partial charge is 0.273 e. The lowest BCUT2D eigenvalue weighted by molar-refractivity contribution is 0.0503. The Morgan fingerprint density at radius 1 is 1.24 bits per heavy atom. The van der Waals surface area contributed by atoms with Gasteiger partial charge in [0.1, 0.15) is 17.3 Å². The Balaban J connectivity index is 1.52. The zero-order valence-electron chi connectivity index (χ0n) is 19.7. The van der Waals surface area contributed by atoms with Crippen molar-refractivity contribution in [2.75, 3.05) is 51.5 Å². The predicted molar refractivity (Wildman–Crippen MR) is 132 cm³/mol. The fourth-order valence-electron chi connectivity index (χ4n) is 4.56. The van der Waals surface area contributed by atoms with Crippen LogP contribution in [0.4, 0.5) is 5.82 Å². The summed E-state index contributed by atoms with van der Waals surface area (Å²) in [6.45, 7) is 6.50. The largest absolute Gasteiger partial charge is 0.497 e. The number of morpholine rings is 1. The van der Waals surface area contributed by atoms with E-state index < -0.39 is 0 Å². The van der Waals surface area contributed by atoms with Crippen molar-refractivity contribution in [1.29, 1.82) is 0 Å². The monoisotopic (exact) mass is 482 g/mol. The van der Waals surface area contributed by atoms with Gasteiger partial charge in [0.2, 0.25) is 0 Å². The summed E-state index contributed by atoms with van der Waals surface area (Å²) < 4.78 is 16.9. The van der Waals surface area contributed by atoms with Gasteiger partial charge in [-0.3, -0.25) is 4.79 Å². The number of aryl methyl sites for hydroxylation is 1. The lowest BCUT2D eigenvalue weighted by atomic mass is 10.1. The van der Waals surface area contributed by atoms with Gasteiger partial charge in [-0.15, -0.1) is 11.3 Å². The van der Waals surface area contributed by atoms with Gasteiger partial charge in [0.05, 0.1) is 37.0 Å². The van der Waals surface area contributed by atoms with Crippen LogP contribution >= 0.6 is 11.3 Å². The summed E-state index contributed by atoms with van der Waals surface area (Å²) in [5.74, 6) is 1.60. The Bertz CT molecular complexity index is 1160. The molecule has 2 aliphatic heterocycles. The maximum atomic E-state index is 13.5. The van der Waals surface area contributed by atoms with E-state index in [4.69, 9.17) is 19.2 Å². The highest BCUT2D eigenvalue weighted by Gasteiger charge is 2.27. The Labute approximate surface area is 203 Å². The lowest BCUT2D eigenvalue weighted by Crippen LogP contribution is -2.40. The van der Waals surface area contributed by atoms with Crippen molar-refractivity contribution in [3.8, 4) is 5.75 Å². The Kier molecular flexibility index (Phi) is 6.94. The van der Waals surface area contributed by atoms with E-state index in [2.05, 4.69) is 16.0 Å². The number of amides is 1. The predicted octanol–water partition coefficient (Wildman–Crippen LogP) is 3.67. The Hall–Kier alpha value is -2.75. The molecule has 8 nitrogen and oxygen atoms in total. The number of hydrogen-bond acceptors (Lipinski definition) is 8. The first-order valence-corrected chi connectivity index (χ1v) is 12.6. The normalized spacial score (nSPS) is 18.4. The van der Waals surface area contributed by atoms with Crippen LogP contribution < -0.4 is 9.64 Å². The van der Waals surface area contributed by atoms with Crippen LogP contribution in [-0.4, -0.2) is 73.4 Å². The number of nitrogens with zero attached hydrogens (tertiary/aromatic N) is 4. The molecule has 0 saturated carbocycles. The number of anilines is 1. The van der Waals surface area contributed by atoms with E-state index in [0.29, 0.717) is 32.0 Å². The van der Waals surface area contributed by atoms with Crippen LogP contribution in [0, 0.1) is 6.92 Å². The molecule has 34 heavy (non-hydrogen) atoms. The molecule has 2 aromatic heterocycles. The number of aromatic nitrogens is 2. The summed E-state index contributed by atoms with van der Waals surface area (Å²) in [6.07, 6.45) is 2.04. The standard InChI is InChI=1S/C25H30N4O4S/c1-17-26-23(16-34-17)25(30)29(15-21-4-3-9-33-21)14-19-12-18-5-6-20(31-2)13-22(18)27-24(19)28-7-10-32-11-8-28/h5-6,12-13,16,21H,3-4,7-11,14-15H2,1-2H3. The molecule has 1 aromatic carbocycles. The second-order valence-corrected chi connectivity index (χ2v) is 9.76. The summed E-state index contributed by atoms with van der Waals surface area (Å²) in [4.78, 5) is 27.1. The molecule has 0 radical (unpaired) electrons. The third kappa shape index (κ3) is 5.01. The molecule has 0 aliphatic carbocycles. The molecule has 2 fully saturated rings. The van der Waals surface area contributed by atoms with Crippen molar-refractivity contribution in [2.24, 2.45) is 0 Å². The number of rotatable bonds is 7. The lowest BCUT2D eigenvalue weighted by Gasteiger charge is -2.32. The average Bonchev–Trinajstić information content (AvgIpc) is 3.54. The van der Waals surface area contributed by atoms with Gasteiger partial charge in [-0.05, 0) is 38.0 Å². The van der Waals surface area contributed by atoms with Gasteiger partial charge in [-0.1, -0.05) is 0 Å². The molecule has 0 spiro atoms. The molecule has 2 saturated heterocycles. The fourth-order valence-corrected chi connectivity index (χ4v) is 5.14. The minimum absolute atomic E-state index is 0.0493. The van der Waals surface area contributed by atoms with Crippen molar-refractivity contribution < 1.29 is 19.0 Å². The van der Waals surface area contributed by atoms with Crippen LogP contribution in [0.15, 0.2) is 29.6 Å². The minimum atomic E-state index is -0.0670. The number of pyridine rings is 1. The summed E-state index contributed by atoms with van der Waals surface area (Å²) >= 11 is 1.49. The first kappa shape index (κ1) is 23.0. The zero-order valence-corrected chi connectivity index (χ0v) is 20.5. The summed E-state index contributed by atoms with van der Waals surface area (Å²) in [6, 6.07) is 8.06. The van der Waals surface area contributed by atoms with Crippen LogP contribution in [0.3, 0.4) is 0 Å². The van der Waals surface area contributed by atoms with E-state index in [1.54, 1.807) is 7.11 Å². The third-order valence-electron chi connectivity index (χ3n) is 6.33. The van der Waals surface area contributed by atoms with E-state index >= 15 is 0 Å². The SMILES string of the molecule is COc1ccc2cc(CN(CC3CCCO3)C(=O)c3csc(C)n3)c(N3CCOCC3)nc2c1. The number of carbonyl (C=O) groups is 1. The summed E-state index contributed by atoms with van der Waals surface area (Å²) in [7, 11) is 1.66. The molecular weight excluding hydrogens is 452 g/mol. The van der Waals surface area contributed by atoms with Crippen molar-refractivity contribution in [3.63, 3.8) is 0 Å². The van der Waals surface area contributed by atoms with Crippen molar-refractivity contribution in [1.82, 2.24) is 14.9 Å². The zero-order chi connectivity index (χ0) is 23.5. The maximum absolute atomic E-state index is 13.5. The van der Waals surface area contributed by atoms with Crippen molar-refractivity contribution in [3.05, 3.63) is 45.9 Å². The second-order valence-electron chi connectivity index (χ2n) is 8.70. The van der Waals surface area contributed by atoms with Gasteiger partial charge in [0.25, 0.3) is 5.91 Å². The Morgan fingerprint density at radius 2 is 2.09 bits per heavy atom. The molecule has 1 unspecified atom stereocenters. The number of methoxy groups -OCH3 is 1. The number of thiazole rings is 1. The second kappa shape index (κ2) is 10.2. The Morgan fingerprint density at radius 3 is 2.79 bits per heavy atom. The van der Waals surface area contributed by atoms with Gasteiger partial charge in [0, 0.05) is 55.2 Å². The third-order valence-corrected chi connectivity index (χ3v) is 7.10. The van der Waals surface area contributed by atoms with Gasteiger partial charge < -0.3 is 24.0 Å². The highest BCUT2D eigenvalue weighted by molar-refractivity contribution is 7.09. The van der Waals surface area contributed by atoms with Crippen LogP contribution in [0.25, 0.3) is 10.9 Å². The quantitative estimate of drug-likeness (QED) is 0.509. The van der Waals surface area contributed by atoms with Gasteiger partial charge in [-0.25, -0.2) is 9.97 Å². The van der Waals surface area contributed by atoms with Gasteiger partial charge in [0.15, 0.2) is 0 Å². The van der Waals surface area contributed by atoms with E-state index in [9.17, 15) is 4.79 Å². The molecule has 0 N–H and O–H groups in total. The maximum Gasteiger partial charge on any atom is 0.273 e. The topological polar surface area (TPSA) is 77.0 Å².